The second-order valence-electron chi connectivity index (χ2n) is 7.38. The molecule has 0 aliphatic carbocycles. The maximum atomic E-state index is 4.97. The zero-order valence-electron chi connectivity index (χ0n) is 14.1. The monoisotopic (exact) mass is 320 g/mol. The molecule has 0 amide bonds. The molecule has 3 aliphatic heterocycles. The zero-order chi connectivity index (χ0) is 15.9. The second kappa shape index (κ2) is 5.85. The molecule has 2 aromatic rings. The highest BCUT2D eigenvalue weighted by Crippen LogP contribution is 2.44. The lowest BCUT2D eigenvalue weighted by molar-refractivity contribution is 0.166. The predicted molar refractivity (Wildman–Crippen MR) is 94.9 cm³/mol. The van der Waals surface area contributed by atoms with Gasteiger partial charge in [0.2, 0.25) is 5.95 Å². The van der Waals surface area contributed by atoms with Crippen molar-refractivity contribution in [2.24, 2.45) is 0 Å². The number of rotatable bonds is 3. The van der Waals surface area contributed by atoms with E-state index in [1.165, 1.54) is 42.5 Å². The fourth-order valence-electron chi connectivity index (χ4n) is 4.67. The van der Waals surface area contributed by atoms with Crippen molar-refractivity contribution < 1.29 is 0 Å². The van der Waals surface area contributed by atoms with Crippen LogP contribution in [0.25, 0.3) is 0 Å². The van der Waals surface area contributed by atoms with Gasteiger partial charge in [-0.05, 0) is 31.2 Å². The topological polar surface area (TPSA) is 32.3 Å². The van der Waals surface area contributed by atoms with Crippen LogP contribution in [0.3, 0.4) is 0 Å². The molecule has 0 N–H and O–H groups in total. The Morgan fingerprint density at radius 3 is 2.71 bits per heavy atom. The van der Waals surface area contributed by atoms with E-state index in [0.29, 0.717) is 12.1 Å². The molecule has 24 heavy (non-hydrogen) atoms. The molecule has 0 spiro atoms. The Morgan fingerprint density at radius 1 is 1.04 bits per heavy atom. The van der Waals surface area contributed by atoms with Crippen LogP contribution in [0.5, 0.6) is 0 Å². The van der Waals surface area contributed by atoms with Crippen molar-refractivity contribution in [3.8, 4) is 0 Å². The van der Waals surface area contributed by atoms with Crippen LogP contribution in [0.2, 0.25) is 0 Å². The predicted octanol–water partition coefficient (Wildman–Crippen LogP) is 3.34. The maximum Gasteiger partial charge on any atom is 0.225 e. The fourth-order valence-corrected chi connectivity index (χ4v) is 4.67. The third-order valence-corrected chi connectivity index (χ3v) is 5.91. The van der Waals surface area contributed by atoms with Gasteiger partial charge in [0.15, 0.2) is 0 Å². The van der Waals surface area contributed by atoms with E-state index in [4.69, 9.17) is 9.97 Å². The van der Waals surface area contributed by atoms with Gasteiger partial charge in [0.25, 0.3) is 0 Å². The van der Waals surface area contributed by atoms with Gasteiger partial charge in [0.05, 0.1) is 5.69 Å². The summed E-state index contributed by atoms with van der Waals surface area (Å²) in [6.07, 6.45) is 8.29. The average molecular weight is 320 g/mol. The molecule has 5 rings (SSSR count). The summed E-state index contributed by atoms with van der Waals surface area (Å²) in [4.78, 5) is 14.7. The minimum atomic E-state index is 0.506. The molecule has 2 fully saturated rings. The molecule has 3 aliphatic rings. The van der Waals surface area contributed by atoms with Crippen LogP contribution in [0.4, 0.5) is 5.95 Å². The molecule has 2 atom stereocenters. The van der Waals surface area contributed by atoms with Gasteiger partial charge in [-0.2, -0.15) is 0 Å². The Balaban J connectivity index is 1.42. The number of benzene rings is 1. The minimum Gasteiger partial charge on any atom is -0.341 e. The summed E-state index contributed by atoms with van der Waals surface area (Å²) in [6, 6.07) is 12.0. The SMILES string of the molecule is c1ccc(CN2[C@H]3CC[C@@H]2c2cnc(N4CCCC4)nc2C3)cc1. The van der Waals surface area contributed by atoms with Crippen molar-refractivity contribution in [3.05, 3.63) is 53.3 Å². The fraction of sp³-hybridized carbons (Fsp3) is 0.500. The summed E-state index contributed by atoms with van der Waals surface area (Å²) in [6.45, 7) is 3.28. The molecule has 4 nitrogen and oxygen atoms in total. The van der Waals surface area contributed by atoms with Crippen LogP contribution in [0.1, 0.15) is 48.5 Å². The number of hydrogen-bond acceptors (Lipinski definition) is 4. The Kier molecular flexibility index (Phi) is 3.51. The summed E-state index contributed by atoms with van der Waals surface area (Å²) in [5.41, 5.74) is 4.10. The minimum absolute atomic E-state index is 0.506. The highest BCUT2D eigenvalue weighted by atomic mass is 15.3. The van der Waals surface area contributed by atoms with Crippen LogP contribution in [-0.2, 0) is 13.0 Å². The molecule has 0 unspecified atom stereocenters. The molecule has 4 heteroatoms. The van der Waals surface area contributed by atoms with Crippen molar-refractivity contribution >= 4 is 5.95 Å². The van der Waals surface area contributed by atoms with Gasteiger partial charge in [-0.15, -0.1) is 0 Å². The Hall–Kier alpha value is -1.94. The molecule has 1 aromatic heterocycles. The molecule has 4 heterocycles. The van der Waals surface area contributed by atoms with Gasteiger partial charge >= 0.3 is 0 Å². The van der Waals surface area contributed by atoms with Gasteiger partial charge < -0.3 is 4.90 Å². The first-order valence-electron chi connectivity index (χ1n) is 9.29. The molecule has 2 bridgehead atoms. The van der Waals surface area contributed by atoms with Crippen molar-refractivity contribution in [2.75, 3.05) is 18.0 Å². The van der Waals surface area contributed by atoms with Crippen molar-refractivity contribution in [2.45, 2.75) is 50.7 Å². The lowest BCUT2D eigenvalue weighted by Crippen LogP contribution is -2.38. The standard InChI is InChI=1S/C20H24N4/c1-2-6-15(7-3-1)14-24-16-8-9-19(24)17-13-21-20(22-18(17)12-16)23-10-4-5-11-23/h1-3,6-7,13,16,19H,4-5,8-12,14H2/t16-,19+/m0/s1. The lowest BCUT2D eigenvalue weighted by Gasteiger charge is -2.36. The van der Waals surface area contributed by atoms with Gasteiger partial charge in [-0.25, -0.2) is 9.97 Å². The largest absolute Gasteiger partial charge is 0.341 e. The van der Waals surface area contributed by atoms with E-state index in [1.54, 1.807) is 0 Å². The summed E-state index contributed by atoms with van der Waals surface area (Å²) >= 11 is 0. The summed E-state index contributed by atoms with van der Waals surface area (Å²) in [5.74, 6) is 0.960. The highest BCUT2D eigenvalue weighted by Gasteiger charge is 2.40. The number of anilines is 1. The van der Waals surface area contributed by atoms with Crippen LogP contribution in [0.15, 0.2) is 36.5 Å². The Bertz CT molecular complexity index is 724. The maximum absolute atomic E-state index is 4.97. The van der Waals surface area contributed by atoms with Gasteiger partial charge in [0, 0.05) is 49.9 Å². The number of nitrogens with zero attached hydrogens (tertiary/aromatic N) is 4. The lowest BCUT2D eigenvalue weighted by atomic mass is 9.98. The van der Waals surface area contributed by atoms with E-state index < -0.39 is 0 Å². The molecule has 2 saturated heterocycles. The molecule has 0 radical (unpaired) electrons. The van der Waals surface area contributed by atoms with Crippen molar-refractivity contribution in [3.63, 3.8) is 0 Å². The first-order chi connectivity index (χ1) is 11.9. The van der Waals surface area contributed by atoms with Crippen LogP contribution >= 0.6 is 0 Å². The Labute approximate surface area is 143 Å². The van der Waals surface area contributed by atoms with E-state index in [9.17, 15) is 0 Å². The number of aromatic nitrogens is 2. The van der Waals surface area contributed by atoms with Gasteiger partial charge in [-0.1, -0.05) is 30.3 Å². The molecule has 1 aromatic carbocycles. The highest BCUT2D eigenvalue weighted by molar-refractivity contribution is 5.38. The molecular weight excluding hydrogens is 296 g/mol. The number of fused-ring (bicyclic) bond motifs is 4. The van der Waals surface area contributed by atoms with Gasteiger partial charge in [-0.3, -0.25) is 4.90 Å². The molecule has 124 valence electrons. The van der Waals surface area contributed by atoms with E-state index in [1.807, 2.05) is 0 Å². The van der Waals surface area contributed by atoms with Crippen LogP contribution in [0, 0.1) is 0 Å². The normalized spacial score (nSPS) is 25.9. The molecular formula is C20H24N4. The van der Waals surface area contributed by atoms with Crippen LogP contribution in [-0.4, -0.2) is 34.0 Å². The first-order valence-corrected chi connectivity index (χ1v) is 9.29. The summed E-state index contributed by atoms with van der Waals surface area (Å²) < 4.78 is 0. The zero-order valence-corrected chi connectivity index (χ0v) is 14.1. The first kappa shape index (κ1) is 14.4. The Morgan fingerprint density at radius 2 is 1.88 bits per heavy atom. The summed E-state index contributed by atoms with van der Waals surface area (Å²) in [7, 11) is 0. The summed E-state index contributed by atoms with van der Waals surface area (Å²) in [5, 5.41) is 0. The third-order valence-electron chi connectivity index (χ3n) is 5.91. The van der Waals surface area contributed by atoms with Gasteiger partial charge in [0.1, 0.15) is 0 Å². The van der Waals surface area contributed by atoms with E-state index in [0.717, 1.165) is 32.0 Å². The van der Waals surface area contributed by atoms with E-state index in [-0.39, 0.29) is 0 Å². The van der Waals surface area contributed by atoms with Crippen molar-refractivity contribution in [1.82, 2.24) is 14.9 Å². The smallest absolute Gasteiger partial charge is 0.225 e. The van der Waals surface area contributed by atoms with E-state index in [2.05, 4.69) is 46.3 Å². The molecule has 0 saturated carbocycles. The second-order valence-corrected chi connectivity index (χ2v) is 7.38. The average Bonchev–Trinajstić information content (AvgIpc) is 3.24. The van der Waals surface area contributed by atoms with Crippen molar-refractivity contribution in [1.29, 1.82) is 0 Å². The number of hydrogen-bond donors (Lipinski definition) is 0. The van der Waals surface area contributed by atoms with E-state index >= 15 is 0 Å². The van der Waals surface area contributed by atoms with Crippen LogP contribution < -0.4 is 4.90 Å². The quantitative estimate of drug-likeness (QED) is 0.868. The third kappa shape index (κ3) is 2.40.